The highest BCUT2D eigenvalue weighted by atomic mass is 16.3. The molecule has 3 unspecified atom stereocenters. The van der Waals surface area contributed by atoms with Gasteiger partial charge in [0, 0.05) is 18.4 Å². The molecule has 1 aliphatic rings. The molecule has 9 heavy (non-hydrogen) atoms. The summed E-state index contributed by atoms with van der Waals surface area (Å²) in [6, 6.07) is 0. The van der Waals surface area contributed by atoms with Crippen molar-refractivity contribution in [2.24, 2.45) is 11.8 Å². The Balaban J connectivity index is 2.39. The molecular weight excluding hydrogens is 116 g/mol. The van der Waals surface area contributed by atoms with Gasteiger partial charge in [-0.2, -0.15) is 0 Å². The second kappa shape index (κ2) is 2.50. The first-order valence-electron chi connectivity index (χ1n) is 3.23. The molecule has 0 heterocycles. The van der Waals surface area contributed by atoms with E-state index in [0.717, 1.165) is 0 Å². The van der Waals surface area contributed by atoms with Crippen LogP contribution in [-0.4, -0.2) is 22.9 Å². The Bertz CT molecular complexity index is 118. The summed E-state index contributed by atoms with van der Waals surface area (Å²) in [6.07, 6.45) is 3.55. The van der Waals surface area contributed by atoms with Gasteiger partial charge in [0.2, 0.25) is 0 Å². The highest BCUT2D eigenvalue weighted by molar-refractivity contribution is 5.10. The van der Waals surface area contributed by atoms with Crippen molar-refractivity contribution in [2.75, 3.05) is 6.61 Å². The predicted octanol–water partition coefficient (Wildman–Crippen LogP) is 0.162. The molecule has 3 atom stereocenters. The van der Waals surface area contributed by atoms with E-state index in [1.54, 1.807) is 6.92 Å². The van der Waals surface area contributed by atoms with E-state index < -0.39 is 0 Å². The first kappa shape index (κ1) is 6.78. The van der Waals surface area contributed by atoms with Crippen LogP contribution in [0.2, 0.25) is 0 Å². The van der Waals surface area contributed by atoms with E-state index in [1.165, 1.54) is 0 Å². The van der Waals surface area contributed by atoms with Gasteiger partial charge >= 0.3 is 0 Å². The van der Waals surface area contributed by atoms with Crippen molar-refractivity contribution >= 4 is 0 Å². The zero-order chi connectivity index (χ0) is 6.85. The molecule has 2 nitrogen and oxygen atoms in total. The molecule has 0 aromatic heterocycles. The number of rotatable bonds is 2. The lowest BCUT2D eigenvalue weighted by atomic mass is 9.79. The van der Waals surface area contributed by atoms with Gasteiger partial charge in [-0.25, -0.2) is 0 Å². The predicted molar refractivity (Wildman–Crippen MR) is 34.9 cm³/mol. The highest BCUT2D eigenvalue weighted by Gasteiger charge is 2.26. The monoisotopic (exact) mass is 128 g/mol. The third-order valence-electron chi connectivity index (χ3n) is 1.84. The van der Waals surface area contributed by atoms with Crippen molar-refractivity contribution in [3.05, 3.63) is 12.2 Å². The molecule has 2 N–H and O–H groups in total. The maximum absolute atomic E-state index is 9.01. The fourth-order valence-electron chi connectivity index (χ4n) is 1.10. The van der Waals surface area contributed by atoms with Crippen molar-refractivity contribution in [1.82, 2.24) is 0 Å². The van der Waals surface area contributed by atoms with Gasteiger partial charge in [-0.3, -0.25) is 0 Å². The molecule has 0 aromatic carbocycles. The zero-order valence-corrected chi connectivity index (χ0v) is 5.49. The first-order chi connectivity index (χ1) is 4.25. The van der Waals surface area contributed by atoms with Crippen LogP contribution < -0.4 is 0 Å². The average molecular weight is 128 g/mol. The first-order valence-corrected chi connectivity index (χ1v) is 3.23. The van der Waals surface area contributed by atoms with Gasteiger partial charge in [0.1, 0.15) is 0 Å². The molecule has 0 saturated heterocycles. The van der Waals surface area contributed by atoms with Crippen LogP contribution in [0.4, 0.5) is 0 Å². The van der Waals surface area contributed by atoms with Crippen LogP contribution in [0.15, 0.2) is 12.2 Å². The van der Waals surface area contributed by atoms with E-state index in [0.29, 0.717) is 0 Å². The summed E-state index contributed by atoms with van der Waals surface area (Å²) in [5.74, 6) is 0.389. The third kappa shape index (κ3) is 1.14. The third-order valence-corrected chi connectivity index (χ3v) is 1.84. The normalized spacial score (nSPS) is 35.9. The fraction of sp³-hybridized carbons (Fsp3) is 0.714. The van der Waals surface area contributed by atoms with E-state index in [9.17, 15) is 0 Å². The van der Waals surface area contributed by atoms with Gasteiger partial charge < -0.3 is 10.2 Å². The summed E-state index contributed by atoms with van der Waals surface area (Å²) in [4.78, 5) is 0. The smallest absolute Gasteiger partial charge is 0.0581 e. The van der Waals surface area contributed by atoms with Crippen LogP contribution in [0.5, 0.6) is 0 Å². The fourth-order valence-corrected chi connectivity index (χ4v) is 1.10. The van der Waals surface area contributed by atoms with Crippen LogP contribution in [0.3, 0.4) is 0 Å². The van der Waals surface area contributed by atoms with Gasteiger partial charge in [0.25, 0.3) is 0 Å². The van der Waals surface area contributed by atoms with Crippen molar-refractivity contribution in [2.45, 2.75) is 13.0 Å². The van der Waals surface area contributed by atoms with Gasteiger partial charge in [-0.15, -0.1) is 0 Å². The van der Waals surface area contributed by atoms with Crippen LogP contribution in [-0.2, 0) is 0 Å². The molecule has 0 spiro atoms. The Kier molecular flexibility index (Phi) is 1.88. The van der Waals surface area contributed by atoms with Crippen LogP contribution in [0.1, 0.15) is 6.92 Å². The summed E-state index contributed by atoms with van der Waals surface area (Å²) < 4.78 is 0. The number of aliphatic hydroxyl groups is 2. The molecule has 0 bridgehead atoms. The lowest BCUT2D eigenvalue weighted by molar-refractivity contribution is 0.0894. The molecular formula is C7H12O2. The molecule has 0 radical (unpaired) electrons. The molecule has 0 aliphatic heterocycles. The Morgan fingerprint density at radius 3 is 2.33 bits per heavy atom. The van der Waals surface area contributed by atoms with Gasteiger partial charge in [0.05, 0.1) is 6.10 Å². The highest BCUT2D eigenvalue weighted by Crippen LogP contribution is 2.27. The van der Waals surface area contributed by atoms with E-state index >= 15 is 0 Å². The minimum atomic E-state index is -0.313. The Labute approximate surface area is 54.8 Å². The van der Waals surface area contributed by atoms with Crippen molar-refractivity contribution in [3.63, 3.8) is 0 Å². The number of hydrogen-bond donors (Lipinski definition) is 2. The second-order valence-corrected chi connectivity index (χ2v) is 2.55. The Morgan fingerprint density at radius 1 is 1.56 bits per heavy atom. The summed E-state index contributed by atoms with van der Waals surface area (Å²) in [5, 5.41) is 17.7. The molecule has 1 rings (SSSR count). The molecule has 0 aromatic rings. The van der Waals surface area contributed by atoms with E-state index in [-0.39, 0.29) is 24.5 Å². The second-order valence-electron chi connectivity index (χ2n) is 2.55. The standard InChI is InChI=1S/C7H12O2/c1-5(9)7-3-2-6(7)4-8/h2-3,5-9H,4H2,1H3. The van der Waals surface area contributed by atoms with Gasteiger partial charge in [0.15, 0.2) is 0 Å². The van der Waals surface area contributed by atoms with E-state index in [4.69, 9.17) is 10.2 Å². The zero-order valence-electron chi connectivity index (χ0n) is 5.49. The SMILES string of the molecule is CC(O)C1C=CC1CO. The molecule has 0 amide bonds. The van der Waals surface area contributed by atoms with E-state index in [1.807, 2.05) is 12.2 Å². The Morgan fingerprint density at radius 2 is 2.22 bits per heavy atom. The van der Waals surface area contributed by atoms with Crippen molar-refractivity contribution < 1.29 is 10.2 Å². The molecule has 0 fully saturated rings. The van der Waals surface area contributed by atoms with E-state index in [2.05, 4.69) is 0 Å². The molecule has 0 saturated carbocycles. The molecule has 52 valence electrons. The minimum Gasteiger partial charge on any atom is -0.396 e. The van der Waals surface area contributed by atoms with Crippen LogP contribution in [0, 0.1) is 11.8 Å². The van der Waals surface area contributed by atoms with Crippen LogP contribution in [0.25, 0.3) is 0 Å². The Hall–Kier alpha value is -0.340. The summed E-state index contributed by atoms with van der Waals surface area (Å²) in [6.45, 7) is 1.91. The summed E-state index contributed by atoms with van der Waals surface area (Å²) in [7, 11) is 0. The lowest BCUT2D eigenvalue weighted by Gasteiger charge is -2.29. The number of aliphatic hydroxyl groups excluding tert-OH is 2. The minimum absolute atomic E-state index is 0.159. The van der Waals surface area contributed by atoms with Crippen molar-refractivity contribution in [1.29, 1.82) is 0 Å². The largest absolute Gasteiger partial charge is 0.396 e. The maximum Gasteiger partial charge on any atom is 0.0581 e. The van der Waals surface area contributed by atoms with Crippen molar-refractivity contribution in [3.8, 4) is 0 Å². The van der Waals surface area contributed by atoms with Gasteiger partial charge in [-0.1, -0.05) is 12.2 Å². The average Bonchev–Trinajstić information content (AvgIpc) is 1.61. The molecule has 1 aliphatic carbocycles. The quantitative estimate of drug-likeness (QED) is 0.520. The topological polar surface area (TPSA) is 40.5 Å². The van der Waals surface area contributed by atoms with Gasteiger partial charge in [-0.05, 0) is 6.92 Å². The molecule has 2 heteroatoms. The maximum atomic E-state index is 9.01. The summed E-state index contributed by atoms with van der Waals surface area (Å²) >= 11 is 0. The summed E-state index contributed by atoms with van der Waals surface area (Å²) in [5.41, 5.74) is 0. The lowest BCUT2D eigenvalue weighted by Crippen LogP contribution is -2.30. The number of hydrogen-bond acceptors (Lipinski definition) is 2. The van der Waals surface area contributed by atoms with Crippen LogP contribution >= 0.6 is 0 Å².